The fourth-order valence-electron chi connectivity index (χ4n) is 1.76. The van der Waals surface area contributed by atoms with Gasteiger partial charge in [-0.15, -0.1) is 0 Å². The maximum absolute atomic E-state index is 13.9. The first-order valence-corrected chi connectivity index (χ1v) is 5.78. The van der Waals surface area contributed by atoms with Crippen LogP contribution in [0, 0.1) is 19.7 Å². The van der Waals surface area contributed by atoms with Gasteiger partial charge in [-0.05, 0) is 43.7 Å². The molecule has 1 aromatic carbocycles. The van der Waals surface area contributed by atoms with E-state index in [1.807, 2.05) is 0 Å². The first-order valence-electron chi connectivity index (χ1n) is 5.78. The molecule has 0 radical (unpaired) electrons. The lowest BCUT2D eigenvalue weighted by atomic mass is 10.1. The van der Waals surface area contributed by atoms with Crippen LogP contribution in [0.25, 0.3) is 0 Å². The second-order valence-electron chi connectivity index (χ2n) is 4.32. The van der Waals surface area contributed by atoms with E-state index >= 15 is 0 Å². The molecule has 0 unspecified atom stereocenters. The van der Waals surface area contributed by atoms with Crippen LogP contribution in [0.5, 0.6) is 0 Å². The smallest absolute Gasteiger partial charge is 0.259 e. The highest BCUT2D eigenvalue weighted by Gasteiger charge is 2.15. The van der Waals surface area contributed by atoms with Crippen molar-refractivity contribution in [1.29, 1.82) is 0 Å². The number of pyridine rings is 1. The molecule has 0 fully saturated rings. The number of aryl methyl sites for hydroxylation is 2. The van der Waals surface area contributed by atoms with Crippen LogP contribution in [0.15, 0.2) is 30.3 Å². The van der Waals surface area contributed by atoms with E-state index in [4.69, 9.17) is 5.73 Å². The van der Waals surface area contributed by atoms with Crippen molar-refractivity contribution < 1.29 is 9.18 Å². The number of nitrogens with one attached hydrogen (secondary N) is 1. The number of anilines is 2. The molecule has 1 heterocycles. The number of carbonyl (C=O) groups is 1. The van der Waals surface area contributed by atoms with Crippen molar-refractivity contribution in [1.82, 2.24) is 4.98 Å². The minimum atomic E-state index is -0.570. The Balaban J connectivity index is 2.30. The van der Waals surface area contributed by atoms with Crippen LogP contribution in [0.1, 0.15) is 21.6 Å². The molecular weight excluding hydrogens is 245 g/mol. The number of hydrogen-bond acceptors (Lipinski definition) is 3. The molecule has 5 heteroatoms. The van der Waals surface area contributed by atoms with Gasteiger partial charge in [0.15, 0.2) is 0 Å². The van der Waals surface area contributed by atoms with Crippen LogP contribution in [-0.2, 0) is 0 Å². The van der Waals surface area contributed by atoms with Crippen LogP contribution in [0.3, 0.4) is 0 Å². The molecule has 0 spiro atoms. The Morgan fingerprint density at radius 3 is 2.74 bits per heavy atom. The Kier molecular flexibility index (Phi) is 3.46. The number of amides is 1. The molecule has 19 heavy (non-hydrogen) atoms. The zero-order chi connectivity index (χ0) is 14.0. The molecule has 0 saturated heterocycles. The summed E-state index contributed by atoms with van der Waals surface area (Å²) in [5, 5.41) is 2.55. The van der Waals surface area contributed by atoms with E-state index in [1.165, 1.54) is 12.1 Å². The zero-order valence-corrected chi connectivity index (χ0v) is 10.7. The molecule has 0 aliphatic rings. The fraction of sp³-hybridized carbons (Fsp3) is 0.143. The molecular formula is C14H14FN3O. The van der Waals surface area contributed by atoms with E-state index in [2.05, 4.69) is 10.3 Å². The first-order chi connectivity index (χ1) is 8.97. The third kappa shape index (κ3) is 2.88. The maximum Gasteiger partial charge on any atom is 0.259 e. The van der Waals surface area contributed by atoms with E-state index in [9.17, 15) is 9.18 Å². The van der Waals surface area contributed by atoms with Gasteiger partial charge >= 0.3 is 0 Å². The molecule has 1 aromatic heterocycles. The zero-order valence-electron chi connectivity index (χ0n) is 10.7. The number of rotatable bonds is 2. The first kappa shape index (κ1) is 13.0. The molecule has 2 aromatic rings. The van der Waals surface area contributed by atoms with Crippen molar-refractivity contribution in [3.8, 4) is 0 Å². The normalized spacial score (nSPS) is 10.3. The van der Waals surface area contributed by atoms with Gasteiger partial charge in [0.25, 0.3) is 5.91 Å². The van der Waals surface area contributed by atoms with E-state index in [-0.39, 0.29) is 5.56 Å². The van der Waals surface area contributed by atoms with Crippen molar-refractivity contribution in [2.75, 3.05) is 11.1 Å². The second kappa shape index (κ2) is 5.06. The number of aromatic nitrogens is 1. The lowest BCUT2D eigenvalue weighted by Crippen LogP contribution is -2.16. The average molecular weight is 259 g/mol. The van der Waals surface area contributed by atoms with Crippen molar-refractivity contribution in [2.45, 2.75) is 13.8 Å². The summed E-state index contributed by atoms with van der Waals surface area (Å²) < 4.78 is 13.9. The number of nitrogens with two attached hydrogens (primary N) is 1. The minimum Gasteiger partial charge on any atom is -0.399 e. The summed E-state index contributed by atoms with van der Waals surface area (Å²) in [6, 6.07) is 8.01. The molecule has 4 nitrogen and oxygen atoms in total. The van der Waals surface area contributed by atoms with Gasteiger partial charge in [0.05, 0.1) is 5.56 Å². The summed E-state index contributed by atoms with van der Waals surface area (Å²) in [5.74, 6) is -0.755. The molecule has 0 aliphatic heterocycles. The van der Waals surface area contributed by atoms with Crippen molar-refractivity contribution in [3.05, 3.63) is 53.0 Å². The molecule has 0 aliphatic carbocycles. The fourth-order valence-corrected chi connectivity index (χ4v) is 1.76. The molecule has 0 saturated carbocycles. The Labute approximate surface area is 110 Å². The van der Waals surface area contributed by atoms with Gasteiger partial charge in [0, 0.05) is 11.4 Å². The lowest BCUT2D eigenvalue weighted by Gasteiger charge is -2.08. The van der Waals surface area contributed by atoms with Gasteiger partial charge in [-0.2, -0.15) is 0 Å². The Hall–Kier alpha value is -2.43. The number of benzene rings is 1. The maximum atomic E-state index is 13.9. The van der Waals surface area contributed by atoms with Gasteiger partial charge in [-0.1, -0.05) is 6.07 Å². The van der Waals surface area contributed by atoms with Crippen LogP contribution >= 0.6 is 0 Å². The summed E-state index contributed by atoms with van der Waals surface area (Å²) in [5.41, 5.74) is 6.99. The van der Waals surface area contributed by atoms with Crippen molar-refractivity contribution >= 4 is 17.4 Å². The molecule has 0 bridgehead atoms. The summed E-state index contributed by atoms with van der Waals surface area (Å²) >= 11 is 0. The topological polar surface area (TPSA) is 68.0 Å². The van der Waals surface area contributed by atoms with Crippen LogP contribution in [-0.4, -0.2) is 10.9 Å². The molecule has 0 atom stereocenters. The second-order valence-corrected chi connectivity index (χ2v) is 4.32. The largest absolute Gasteiger partial charge is 0.399 e. The van der Waals surface area contributed by atoms with Crippen LogP contribution in [0.4, 0.5) is 15.9 Å². The highest BCUT2D eigenvalue weighted by atomic mass is 19.1. The molecule has 1 amide bonds. The Morgan fingerprint density at radius 2 is 2.05 bits per heavy atom. The molecule has 3 N–H and O–H groups in total. The quantitative estimate of drug-likeness (QED) is 0.815. The van der Waals surface area contributed by atoms with E-state index in [0.29, 0.717) is 17.1 Å². The predicted octanol–water partition coefficient (Wildman–Crippen LogP) is 2.67. The van der Waals surface area contributed by atoms with Gasteiger partial charge in [-0.3, -0.25) is 4.79 Å². The van der Waals surface area contributed by atoms with Crippen molar-refractivity contribution in [3.63, 3.8) is 0 Å². The predicted molar refractivity (Wildman–Crippen MR) is 72.5 cm³/mol. The highest BCUT2D eigenvalue weighted by Crippen LogP contribution is 2.18. The third-order valence-electron chi connectivity index (χ3n) is 2.65. The highest BCUT2D eigenvalue weighted by molar-refractivity contribution is 6.04. The number of carbonyl (C=O) groups excluding carboxylic acids is 1. The summed E-state index contributed by atoms with van der Waals surface area (Å²) in [7, 11) is 0. The Bertz CT molecular complexity index is 641. The van der Waals surface area contributed by atoms with E-state index < -0.39 is 11.7 Å². The Morgan fingerprint density at radius 1 is 1.32 bits per heavy atom. The van der Waals surface area contributed by atoms with E-state index in [0.717, 1.165) is 5.69 Å². The average Bonchev–Trinajstić information content (AvgIpc) is 2.33. The summed E-state index contributed by atoms with van der Waals surface area (Å²) in [6.07, 6.45) is 0. The summed E-state index contributed by atoms with van der Waals surface area (Å²) in [6.45, 7) is 3.37. The number of halogens is 1. The van der Waals surface area contributed by atoms with Crippen LogP contribution < -0.4 is 11.1 Å². The van der Waals surface area contributed by atoms with E-state index in [1.54, 1.807) is 32.0 Å². The minimum absolute atomic E-state index is 0.0826. The third-order valence-corrected chi connectivity index (χ3v) is 2.65. The lowest BCUT2D eigenvalue weighted by molar-refractivity contribution is 0.102. The number of nitrogens with zero attached hydrogens (tertiary/aromatic N) is 1. The van der Waals surface area contributed by atoms with Crippen LogP contribution in [0.2, 0.25) is 0 Å². The van der Waals surface area contributed by atoms with Gasteiger partial charge in [-0.25, -0.2) is 9.37 Å². The number of hydrogen-bond donors (Lipinski definition) is 2. The standard InChI is InChI=1S/C14H14FN3O/c1-8-6-10(16)7-11(13(8)15)14(19)18-12-5-3-4-9(2)17-12/h3-7H,16H2,1-2H3,(H,17,18,19). The van der Waals surface area contributed by atoms with Gasteiger partial charge < -0.3 is 11.1 Å². The van der Waals surface area contributed by atoms with Gasteiger partial charge in [0.2, 0.25) is 0 Å². The molecule has 2 rings (SSSR count). The number of nitrogen functional groups attached to an aromatic ring is 1. The van der Waals surface area contributed by atoms with Gasteiger partial charge in [0.1, 0.15) is 11.6 Å². The van der Waals surface area contributed by atoms with Crippen molar-refractivity contribution in [2.24, 2.45) is 0 Å². The monoisotopic (exact) mass is 259 g/mol. The SMILES string of the molecule is Cc1cccc(NC(=O)c2cc(N)cc(C)c2F)n1. The summed E-state index contributed by atoms with van der Waals surface area (Å²) in [4.78, 5) is 16.1. The molecule has 98 valence electrons.